The van der Waals surface area contributed by atoms with Gasteiger partial charge in [0, 0.05) is 16.6 Å². The zero-order valence-corrected chi connectivity index (χ0v) is 12.1. The van der Waals surface area contributed by atoms with Crippen LogP contribution in [0.3, 0.4) is 0 Å². The first kappa shape index (κ1) is 15.2. The van der Waals surface area contributed by atoms with Crippen molar-refractivity contribution in [3.05, 3.63) is 27.1 Å². The van der Waals surface area contributed by atoms with Crippen LogP contribution in [-0.4, -0.2) is 24.0 Å². The summed E-state index contributed by atoms with van der Waals surface area (Å²) in [5.41, 5.74) is 0.0124. The van der Waals surface area contributed by atoms with Crippen molar-refractivity contribution in [1.82, 2.24) is 10.3 Å². The quantitative estimate of drug-likeness (QED) is 0.766. The van der Waals surface area contributed by atoms with E-state index in [4.69, 9.17) is 0 Å². The molecule has 1 aliphatic heterocycles. The van der Waals surface area contributed by atoms with Crippen LogP contribution in [0.25, 0.3) is 0 Å². The van der Waals surface area contributed by atoms with E-state index in [1.54, 1.807) is 12.3 Å². The molecule has 5 nitrogen and oxygen atoms in total. The van der Waals surface area contributed by atoms with Gasteiger partial charge in [-0.2, -0.15) is 0 Å². The third kappa shape index (κ3) is 3.83. The molecule has 2 heterocycles. The second-order valence-corrected chi connectivity index (χ2v) is 4.99. The molecule has 0 radical (unpaired) electrons. The van der Waals surface area contributed by atoms with Gasteiger partial charge < -0.3 is 15.6 Å². The minimum atomic E-state index is -0.282. The number of rotatable bonds is 2. The van der Waals surface area contributed by atoms with Crippen LogP contribution >= 0.6 is 28.3 Å². The number of hydrogen-bond acceptors (Lipinski definition) is 3. The molecule has 1 aliphatic rings. The van der Waals surface area contributed by atoms with Gasteiger partial charge in [0.2, 0.25) is 5.91 Å². The van der Waals surface area contributed by atoms with Crippen LogP contribution < -0.4 is 16.2 Å². The molecule has 0 atom stereocenters. The fourth-order valence-electron chi connectivity index (χ4n) is 1.87. The summed E-state index contributed by atoms with van der Waals surface area (Å²) < 4.78 is 0.734. The number of aromatic nitrogens is 1. The maximum Gasteiger partial charge on any atom is 0.271 e. The van der Waals surface area contributed by atoms with E-state index >= 15 is 0 Å². The first-order valence-corrected chi connectivity index (χ1v) is 6.36. The number of aromatic amines is 1. The number of H-pyrrole nitrogens is 1. The standard InChI is InChI=1S/C11H14BrN3O2.ClH/c12-8-5-9(11(17)14-6-8)15-10(16)7-1-3-13-4-2-7;/h5-7,13H,1-4H2,(H,14,17)(H,15,16);1H. The van der Waals surface area contributed by atoms with Crippen LogP contribution in [-0.2, 0) is 4.79 Å². The molecular weight excluding hydrogens is 321 g/mol. The molecule has 0 saturated carbocycles. The summed E-state index contributed by atoms with van der Waals surface area (Å²) in [6.07, 6.45) is 3.18. The van der Waals surface area contributed by atoms with Crippen LogP contribution in [0, 0.1) is 5.92 Å². The predicted octanol–water partition coefficient (Wildman–Crippen LogP) is 1.50. The highest BCUT2D eigenvalue weighted by Crippen LogP contribution is 2.15. The van der Waals surface area contributed by atoms with Crippen molar-refractivity contribution >= 4 is 39.9 Å². The number of carbonyl (C=O) groups excluding carboxylic acids is 1. The van der Waals surface area contributed by atoms with Gasteiger partial charge in [-0.05, 0) is 47.9 Å². The highest BCUT2D eigenvalue weighted by molar-refractivity contribution is 9.10. The van der Waals surface area contributed by atoms with Crippen LogP contribution in [0.15, 0.2) is 21.5 Å². The zero-order valence-electron chi connectivity index (χ0n) is 9.66. The molecular formula is C11H15BrClN3O2. The van der Waals surface area contributed by atoms with Gasteiger partial charge in [0.05, 0.1) is 0 Å². The molecule has 18 heavy (non-hydrogen) atoms. The lowest BCUT2D eigenvalue weighted by atomic mass is 9.97. The molecule has 100 valence electrons. The monoisotopic (exact) mass is 335 g/mol. The van der Waals surface area contributed by atoms with E-state index in [1.165, 1.54) is 0 Å². The lowest BCUT2D eigenvalue weighted by molar-refractivity contribution is -0.120. The molecule has 0 spiro atoms. The summed E-state index contributed by atoms with van der Waals surface area (Å²) in [6, 6.07) is 1.61. The number of anilines is 1. The minimum absolute atomic E-state index is 0. The summed E-state index contributed by atoms with van der Waals surface area (Å²) in [6.45, 7) is 1.71. The van der Waals surface area contributed by atoms with E-state index in [0.29, 0.717) is 5.69 Å². The van der Waals surface area contributed by atoms with Crippen molar-refractivity contribution in [2.75, 3.05) is 18.4 Å². The first-order chi connectivity index (χ1) is 8.16. The molecule has 0 aromatic carbocycles. The highest BCUT2D eigenvalue weighted by atomic mass is 79.9. The molecule has 3 N–H and O–H groups in total. The fraction of sp³-hybridized carbons (Fsp3) is 0.455. The Balaban J connectivity index is 0.00000162. The maximum absolute atomic E-state index is 11.9. The molecule has 0 unspecified atom stereocenters. The molecule has 1 fully saturated rings. The van der Waals surface area contributed by atoms with Gasteiger partial charge in [-0.25, -0.2) is 0 Å². The SMILES string of the molecule is Cl.O=C(Nc1cc(Br)c[nH]c1=O)C1CCNCC1. The number of carbonyl (C=O) groups is 1. The van der Waals surface area contributed by atoms with Crippen molar-refractivity contribution < 1.29 is 4.79 Å². The first-order valence-electron chi connectivity index (χ1n) is 5.56. The van der Waals surface area contributed by atoms with Gasteiger partial charge in [-0.15, -0.1) is 12.4 Å². The lowest BCUT2D eigenvalue weighted by Crippen LogP contribution is -2.35. The summed E-state index contributed by atoms with van der Waals surface area (Å²) >= 11 is 3.25. The zero-order chi connectivity index (χ0) is 12.3. The number of pyridine rings is 1. The maximum atomic E-state index is 11.9. The normalized spacial score (nSPS) is 15.8. The summed E-state index contributed by atoms with van der Waals surface area (Å²) in [5, 5.41) is 5.88. The van der Waals surface area contributed by atoms with E-state index in [9.17, 15) is 9.59 Å². The Morgan fingerprint density at radius 1 is 1.39 bits per heavy atom. The number of amides is 1. The van der Waals surface area contributed by atoms with Crippen molar-refractivity contribution in [3.8, 4) is 0 Å². The van der Waals surface area contributed by atoms with E-state index in [1.807, 2.05) is 0 Å². The van der Waals surface area contributed by atoms with Gasteiger partial charge >= 0.3 is 0 Å². The van der Waals surface area contributed by atoms with Crippen LogP contribution in [0.5, 0.6) is 0 Å². The summed E-state index contributed by atoms with van der Waals surface area (Å²) in [5.74, 6) is -0.0790. The Bertz CT molecular complexity index is 472. The van der Waals surface area contributed by atoms with E-state index < -0.39 is 0 Å². The molecule has 1 amide bonds. The molecule has 1 aromatic heterocycles. The average molecular weight is 337 g/mol. The minimum Gasteiger partial charge on any atom is -0.326 e. The summed E-state index contributed by atoms with van der Waals surface area (Å²) in [7, 11) is 0. The van der Waals surface area contributed by atoms with E-state index in [2.05, 4.69) is 31.5 Å². The highest BCUT2D eigenvalue weighted by Gasteiger charge is 2.21. The second kappa shape index (κ2) is 6.92. The number of hydrogen-bond donors (Lipinski definition) is 3. The van der Waals surface area contributed by atoms with Gasteiger partial charge in [-0.1, -0.05) is 0 Å². The van der Waals surface area contributed by atoms with Crippen molar-refractivity contribution in [2.24, 2.45) is 5.92 Å². The Morgan fingerprint density at radius 3 is 2.72 bits per heavy atom. The van der Waals surface area contributed by atoms with Crippen molar-refractivity contribution in [2.45, 2.75) is 12.8 Å². The molecule has 2 rings (SSSR count). The fourth-order valence-corrected chi connectivity index (χ4v) is 2.21. The van der Waals surface area contributed by atoms with Crippen LogP contribution in [0.1, 0.15) is 12.8 Å². The Labute approximate surface area is 119 Å². The van der Waals surface area contributed by atoms with Crippen molar-refractivity contribution in [3.63, 3.8) is 0 Å². The summed E-state index contributed by atoms with van der Waals surface area (Å²) in [4.78, 5) is 26.0. The van der Waals surface area contributed by atoms with Gasteiger partial charge in [0.1, 0.15) is 5.69 Å². The second-order valence-electron chi connectivity index (χ2n) is 4.07. The third-order valence-electron chi connectivity index (χ3n) is 2.84. The molecule has 1 aromatic rings. The van der Waals surface area contributed by atoms with Gasteiger partial charge in [0.15, 0.2) is 0 Å². The Kier molecular flexibility index (Phi) is 5.84. The smallest absolute Gasteiger partial charge is 0.271 e. The van der Waals surface area contributed by atoms with E-state index in [-0.39, 0.29) is 29.8 Å². The van der Waals surface area contributed by atoms with Gasteiger partial charge in [0.25, 0.3) is 5.56 Å². The number of nitrogens with one attached hydrogen (secondary N) is 3. The largest absolute Gasteiger partial charge is 0.326 e. The van der Waals surface area contributed by atoms with Crippen molar-refractivity contribution in [1.29, 1.82) is 0 Å². The Hall–Kier alpha value is -0.850. The van der Waals surface area contributed by atoms with Crippen LogP contribution in [0.2, 0.25) is 0 Å². The third-order valence-corrected chi connectivity index (χ3v) is 3.29. The molecule has 1 saturated heterocycles. The predicted molar refractivity (Wildman–Crippen MR) is 76.2 cm³/mol. The number of halogens is 2. The van der Waals surface area contributed by atoms with Crippen LogP contribution in [0.4, 0.5) is 5.69 Å². The number of piperidine rings is 1. The molecule has 0 aliphatic carbocycles. The topological polar surface area (TPSA) is 74.0 Å². The van der Waals surface area contributed by atoms with Gasteiger partial charge in [-0.3, -0.25) is 9.59 Å². The average Bonchev–Trinajstić information content (AvgIpc) is 2.35. The molecule has 7 heteroatoms. The van der Waals surface area contributed by atoms with E-state index in [0.717, 1.165) is 30.4 Å². The lowest BCUT2D eigenvalue weighted by Gasteiger charge is -2.21. The molecule has 0 bridgehead atoms. The Morgan fingerprint density at radius 2 is 2.06 bits per heavy atom.